The molecule has 0 fully saturated rings. The van der Waals surface area contributed by atoms with E-state index in [1.54, 1.807) is 0 Å². The van der Waals surface area contributed by atoms with Crippen molar-refractivity contribution < 1.29 is 19.1 Å². The number of hydrogen-bond acceptors (Lipinski definition) is 5. The van der Waals surface area contributed by atoms with Crippen molar-refractivity contribution in [3.63, 3.8) is 0 Å². The number of esters is 1. The lowest BCUT2D eigenvalue weighted by molar-refractivity contribution is -0.143. The first-order chi connectivity index (χ1) is 13.4. The molecule has 1 aromatic carbocycles. The van der Waals surface area contributed by atoms with E-state index in [0.29, 0.717) is 29.9 Å². The summed E-state index contributed by atoms with van der Waals surface area (Å²) in [4.78, 5) is 25.9. The van der Waals surface area contributed by atoms with Crippen LogP contribution in [0.5, 0.6) is 5.75 Å². The number of ketones is 1. The van der Waals surface area contributed by atoms with Gasteiger partial charge in [-0.3, -0.25) is 4.79 Å². The van der Waals surface area contributed by atoms with Crippen LogP contribution in [0.4, 0.5) is 0 Å². The average molecular weight is 383 g/mol. The highest BCUT2D eigenvalue weighted by atomic mass is 16.5. The summed E-state index contributed by atoms with van der Waals surface area (Å²) in [6, 6.07) is 7.69. The maximum Gasteiger partial charge on any atom is 0.337 e. The lowest BCUT2D eigenvalue weighted by atomic mass is 9.75. The van der Waals surface area contributed by atoms with Crippen LogP contribution in [-0.2, 0) is 14.3 Å². The van der Waals surface area contributed by atoms with E-state index >= 15 is 0 Å². The minimum Gasteiger partial charge on any atom is -0.493 e. The van der Waals surface area contributed by atoms with E-state index in [9.17, 15) is 9.59 Å². The molecular weight excluding hydrogens is 354 g/mol. The maximum atomic E-state index is 13.0. The zero-order chi connectivity index (χ0) is 20.3. The lowest BCUT2D eigenvalue weighted by Crippen LogP contribution is -2.35. The van der Waals surface area contributed by atoms with E-state index in [-0.39, 0.29) is 17.9 Å². The van der Waals surface area contributed by atoms with Gasteiger partial charge in [0.15, 0.2) is 5.78 Å². The minimum absolute atomic E-state index is 0.0893. The summed E-state index contributed by atoms with van der Waals surface area (Å²) in [6.07, 6.45) is 2.77. The number of hydrogen-bond donors (Lipinski definition) is 1. The molecule has 0 amide bonds. The number of carbonyl (C=O) groups is 2. The van der Waals surface area contributed by atoms with Crippen LogP contribution in [0.3, 0.4) is 0 Å². The number of Topliss-reactive ketones (excluding diaryl/α,β-unsaturated/α-hetero) is 1. The van der Waals surface area contributed by atoms with Gasteiger partial charge in [-0.1, -0.05) is 25.1 Å². The molecule has 1 N–H and O–H groups in total. The van der Waals surface area contributed by atoms with Gasteiger partial charge in [-0.25, -0.2) is 4.79 Å². The van der Waals surface area contributed by atoms with Gasteiger partial charge in [0.05, 0.1) is 24.2 Å². The van der Waals surface area contributed by atoms with E-state index in [4.69, 9.17) is 9.47 Å². The minimum atomic E-state index is -0.469. The van der Waals surface area contributed by atoms with E-state index in [0.717, 1.165) is 36.2 Å². The molecule has 28 heavy (non-hydrogen) atoms. The molecule has 0 spiro atoms. The Kier molecular flexibility index (Phi) is 6.22. The van der Waals surface area contributed by atoms with Gasteiger partial charge in [-0.15, -0.1) is 0 Å². The number of ether oxygens (including phenoxy) is 2. The van der Waals surface area contributed by atoms with Gasteiger partial charge >= 0.3 is 5.97 Å². The Labute approximate surface area is 166 Å². The molecule has 1 aliphatic heterocycles. The van der Waals surface area contributed by atoms with Crippen LogP contribution in [0, 0.1) is 0 Å². The van der Waals surface area contributed by atoms with Crippen molar-refractivity contribution in [3.05, 3.63) is 52.4 Å². The van der Waals surface area contributed by atoms with E-state index in [1.165, 1.54) is 0 Å². The molecular formula is C23H29NO4. The Hall–Kier alpha value is -2.56. The van der Waals surface area contributed by atoms with Crippen LogP contribution in [0.25, 0.3) is 0 Å². The van der Waals surface area contributed by atoms with Crippen LogP contribution in [0.1, 0.15) is 64.9 Å². The Morgan fingerprint density at radius 1 is 1.25 bits per heavy atom. The number of allylic oxidation sites excluding steroid dienone is 3. The standard InChI is InChI=1S/C23H29NO4/c1-5-13-27-19-12-7-6-9-16(19)21-20(23(26)28-14(2)3)15(4)24-17-10-8-11-18(25)22(17)21/h6-7,9,12,14,21,24H,5,8,10-11,13H2,1-4H3/t21-/m1/s1. The Morgan fingerprint density at radius 2 is 2.00 bits per heavy atom. The van der Waals surface area contributed by atoms with Gasteiger partial charge in [0, 0.05) is 29.0 Å². The summed E-state index contributed by atoms with van der Waals surface area (Å²) in [7, 11) is 0. The van der Waals surface area contributed by atoms with Crippen molar-refractivity contribution >= 4 is 11.8 Å². The van der Waals surface area contributed by atoms with Gasteiger partial charge in [0.25, 0.3) is 0 Å². The first-order valence-corrected chi connectivity index (χ1v) is 10.1. The predicted molar refractivity (Wildman–Crippen MR) is 108 cm³/mol. The highest BCUT2D eigenvalue weighted by Gasteiger charge is 2.40. The number of nitrogens with one attached hydrogen (secondary N) is 1. The number of dihydropyridines is 1. The first-order valence-electron chi connectivity index (χ1n) is 10.1. The van der Waals surface area contributed by atoms with E-state index in [1.807, 2.05) is 52.0 Å². The molecule has 5 nitrogen and oxygen atoms in total. The van der Waals surface area contributed by atoms with Crippen LogP contribution in [0.2, 0.25) is 0 Å². The summed E-state index contributed by atoms with van der Waals surface area (Å²) in [5, 5.41) is 3.31. The van der Waals surface area contributed by atoms with Crippen LogP contribution >= 0.6 is 0 Å². The third-order valence-corrected chi connectivity index (χ3v) is 5.03. The highest BCUT2D eigenvalue weighted by molar-refractivity contribution is 6.04. The highest BCUT2D eigenvalue weighted by Crippen LogP contribution is 2.45. The van der Waals surface area contributed by atoms with Crippen molar-refractivity contribution in [1.82, 2.24) is 5.32 Å². The van der Waals surface area contributed by atoms with E-state index in [2.05, 4.69) is 5.32 Å². The van der Waals surface area contributed by atoms with Crippen molar-refractivity contribution in [2.45, 2.75) is 65.4 Å². The summed E-state index contributed by atoms with van der Waals surface area (Å²) >= 11 is 0. The first kappa shape index (κ1) is 20.2. The Morgan fingerprint density at radius 3 is 2.71 bits per heavy atom. The zero-order valence-corrected chi connectivity index (χ0v) is 17.1. The summed E-state index contributed by atoms with van der Waals surface area (Å²) in [5.74, 6) is -0.0564. The number of para-hydroxylation sites is 1. The number of carbonyl (C=O) groups excluding carboxylic acids is 2. The molecule has 2 aliphatic rings. The third-order valence-electron chi connectivity index (χ3n) is 5.03. The van der Waals surface area contributed by atoms with Crippen molar-refractivity contribution in [1.29, 1.82) is 0 Å². The fourth-order valence-electron chi connectivity index (χ4n) is 3.90. The van der Waals surface area contributed by atoms with Crippen molar-refractivity contribution in [3.8, 4) is 5.75 Å². The molecule has 1 aromatic rings. The smallest absolute Gasteiger partial charge is 0.337 e. The second-order valence-corrected chi connectivity index (χ2v) is 7.61. The second-order valence-electron chi connectivity index (χ2n) is 7.61. The molecule has 150 valence electrons. The largest absolute Gasteiger partial charge is 0.493 e. The monoisotopic (exact) mass is 383 g/mol. The molecule has 5 heteroatoms. The molecule has 0 saturated heterocycles. The van der Waals surface area contributed by atoms with Crippen LogP contribution in [-0.4, -0.2) is 24.5 Å². The fourth-order valence-corrected chi connectivity index (χ4v) is 3.90. The van der Waals surface area contributed by atoms with Gasteiger partial charge in [-0.05, 0) is 46.1 Å². The average Bonchev–Trinajstić information content (AvgIpc) is 2.65. The molecule has 0 aromatic heterocycles. The molecule has 0 saturated carbocycles. The van der Waals surface area contributed by atoms with Crippen molar-refractivity contribution in [2.24, 2.45) is 0 Å². The van der Waals surface area contributed by atoms with Gasteiger partial charge in [-0.2, -0.15) is 0 Å². The quantitative estimate of drug-likeness (QED) is 0.738. The normalized spacial score (nSPS) is 19.5. The molecule has 0 bridgehead atoms. The van der Waals surface area contributed by atoms with Gasteiger partial charge < -0.3 is 14.8 Å². The molecule has 0 unspecified atom stereocenters. The topological polar surface area (TPSA) is 64.6 Å². The summed E-state index contributed by atoms with van der Waals surface area (Å²) in [6.45, 7) is 8.16. The maximum absolute atomic E-state index is 13.0. The molecule has 0 radical (unpaired) electrons. The van der Waals surface area contributed by atoms with Crippen LogP contribution in [0.15, 0.2) is 46.8 Å². The Balaban J connectivity index is 2.15. The SMILES string of the molecule is CCCOc1ccccc1[C@@H]1C(C(=O)OC(C)C)=C(C)NC2=C1C(=O)CCC2. The summed E-state index contributed by atoms with van der Waals surface area (Å²) in [5.41, 5.74) is 3.69. The number of benzene rings is 1. The van der Waals surface area contributed by atoms with Crippen molar-refractivity contribution in [2.75, 3.05) is 6.61 Å². The van der Waals surface area contributed by atoms with Crippen LogP contribution < -0.4 is 10.1 Å². The third kappa shape index (κ3) is 3.98. The summed E-state index contributed by atoms with van der Waals surface area (Å²) < 4.78 is 11.5. The fraction of sp³-hybridized carbons (Fsp3) is 0.478. The second kappa shape index (κ2) is 8.63. The van der Waals surface area contributed by atoms with Gasteiger partial charge in [0.1, 0.15) is 5.75 Å². The Bertz CT molecular complexity index is 835. The van der Waals surface area contributed by atoms with E-state index < -0.39 is 5.92 Å². The molecule has 1 heterocycles. The number of rotatable bonds is 6. The predicted octanol–water partition coefficient (Wildman–Crippen LogP) is 4.39. The van der Waals surface area contributed by atoms with Gasteiger partial charge in [0.2, 0.25) is 0 Å². The molecule has 1 aliphatic carbocycles. The zero-order valence-electron chi connectivity index (χ0n) is 17.1. The lowest BCUT2D eigenvalue weighted by Gasteiger charge is -2.35. The molecule has 1 atom stereocenters. The molecule has 3 rings (SSSR count).